The minimum Gasteiger partial charge on any atom is -0.463 e. The van der Waals surface area contributed by atoms with E-state index in [1.54, 1.807) is 6.08 Å². The first-order valence-corrected chi connectivity index (χ1v) is 20.3. The highest BCUT2D eigenvalue weighted by atomic mass is 16.6. The van der Waals surface area contributed by atoms with E-state index in [4.69, 9.17) is 9.47 Å². The number of hydrogen-bond acceptors (Lipinski definition) is 6. The van der Waals surface area contributed by atoms with Gasteiger partial charge in [0, 0.05) is 12.8 Å². The van der Waals surface area contributed by atoms with Crippen LogP contribution in [-0.4, -0.2) is 47.6 Å². The molecule has 0 radical (unpaired) electrons. The molecule has 50 heavy (non-hydrogen) atoms. The van der Waals surface area contributed by atoms with E-state index < -0.39 is 6.10 Å². The molecule has 2 N–H and O–H groups in total. The van der Waals surface area contributed by atoms with Crippen molar-refractivity contribution in [3.63, 3.8) is 0 Å². The molecule has 0 aromatic heterocycles. The summed E-state index contributed by atoms with van der Waals surface area (Å²) < 4.78 is 10.3. The van der Waals surface area contributed by atoms with Gasteiger partial charge in [-0.15, -0.1) is 0 Å². The number of aliphatic hydroxyl groups is 2. The van der Waals surface area contributed by atoms with Crippen LogP contribution in [0.15, 0.2) is 60.8 Å². The number of carbonyl (C=O) groups excluding carboxylic acids is 2. The van der Waals surface area contributed by atoms with E-state index in [0.29, 0.717) is 19.3 Å². The second-order valence-electron chi connectivity index (χ2n) is 13.8. The average Bonchev–Trinajstić information content (AvgIpc) is 3.12. The monoisotopic (exact) mass is 701 g/mol. The van der Waals surface area contributed by atoms with Crippen molar-refractivity contribution < 1.29 is 29.3 Å². The summed E-state index contributed by atoms with van der Waals surface area (Å²) in [6.07, 6.45) is 45.1. The molecule has 0 fully saturated rings. The third kappa shape index (κ3) is 36.8. The minimum absolute atomic E-state index is 0.143. The molecule has 288 valence electrons. The van der Waals surface area contributed by atoms with Crippen LogP contribution in [-0.2, 0) is 19.1 Å². The zero-order chi connectivity index (χ0) is 36.8. The van der Waals surface area contributed by atoms with Gasteiger partial charge in [-0.05, 0) is 50.9 Å². The summed E-state index contributed by atoms with van der Waals surface area (Å²) in [4.78, 5) is 23.9. The Balaban J connectivity index is 3.55. The third-order valence-corrected chi connectivity index (χ3v) is 8.97. The molecule has 0 rings (SSSR count). The van der Waals surface area contributed by atoms with Gasteiger partial charge >= 0.3 is 11.9 Å². The molecule has 0 spiro atoms. The molecule has 6 nitrogen and oxygen atoms in total. The molecule has 0 bridgehead atoms. The van der Waals surface area contributed by atoms with Gasteiger partial charge in [-0.2, -0.15) is 0 Å². The Kier molecular flexibility index (Phi) is 36.0. The van der Waals surface area contributed by atoms with E-state index in [2.05, 4.69) is 56.4 Å². The maximum Gasteiger partial charge on any atom is 0.305 e. The van der Waals surface area contributed by atoms with Gasteiger partial charge in [-0.3, -0.25) is 9.59 Å². The summed E-state index contributed by atoms with van der Waals surface area (Å²) in [5, 5.41) is 19.4. The second-order valence-corrected chi connectivity index (χ2v) is 13.8. The third-order valence-electron chi connectivity index (χ3n) is 8.97. The van der Waals surface area contributed by atoms with Crippen molar-refractivity contribution in [2.45, 2.75) is 187 Å². The van der Waals surface area contributed by atoms with Crippen LogP contribution in [0.5, 0.6) is 0 Å². The molecular formula is C44H76O6. The van der Waals surface area contributed by atoms with E-state index in [1.165, 1.54) is 83.5 Å². The zero-order valence-electron chi connectivity index (χ0n) is 32.4. The number of hydrogen-bond donors (Lipinski definition) is 2. The van der Waals surface area contributed by atoms with Crippen LogP contribution in [0.25, 0.3) is 0 Å². The maximum absolute atomic E-state index is 12.0. The van der Waals surface area contributed by atoms with E-state index in [9.17, 15) is 19.8 Å². The highest BCUT2D eigenvalue weighted by Gasteiger charge is 2.12. The van der Waals surface area contributed by atoms with Gasteiger partial charge in [0.1, 0.15) is 19.3 Å². The van der Waals surface area contributed by atoms with Gasteiger partial charge in [0.05, 0.1) is 6.10 Å². The van der Waals surface area contributed by atoms with Gasteiger partial charge in [0.2, 0.25) is 0 Å². The average molecular weight is 701 g/mol. The Morgan fingerprint density at radius 1 is 0.540 bits per heavy atom. The fraction of sp³-hybridized carbons (Fsp3) is 0.727. The predicted molar refractivity (Wildman–Crippen MR) is 211 cm³/mol. The van der Waals surface area contributed by atoms with E-state index in [1.807, 2.05) is 19.1 Å². The first-order valence-electron chi connectivity index (χ1n) is 20.3. The second kappa shape index (κ2) is 37.8. The van der Waals surface area contributed by atoms with E-state index in [-0.39, 0.29) is 31.3 Å². The summed E-state index contributed by atoms with van der Waals surface area (Å²) in [6.45, 7) is 6.31. The van der Waals surface area contributed by atoms with Gasteiger partial charge in [0.15, 0.2) is 0 Å². The van der Waals surface area contributed by atoms with Crippen LogP contribution >= 0.6 is 0 Å². The number of aliphatic hydroxyl groups excluding tert-OH is 2. The van der Waals surface area contributed by atoms with Gasteiger partial charge in [-0.25, -0.2) is 0 Å². The normalized spacial score (nSPS) is 14.1. The van der Waals surface area contributed by atoms with E-state index >= 15 is 0 Å². The van der Waals surface area contributed by atoms with Crippen molar-refractivity contribution in [3.8, 4) is 0 Å². The number of esters is 2. The number of ether oxygens (including phenoxy) is 2. The van der Waals surface area contributed by atoms with Crippen molar-refractivity contribution in [3.05, 3.63) is 60.8 Å². The Morgan fingerprint density at radius 3 is 1.48 bits per heavy atom. The Hall–Kier alpha value is -2.44. The molecule has 1 unspecified atom stereocenters. The lowest BCUT2D eigenvalue weighted by Gasteiger charge is -2.12. The molecular weight excluding hydrogens is 624 g/mol. The molecule has 0 heterocycles. The zero-order valence-corrected chi connectivity index (χ0v) is 32.4. The van der Waals surface area contributed by atoms with Gasteiger partial charge < -0.3 is 19.7 Å². The van der Waals surface area contributed by atoms with Gasteiger partial charge in [0.25, 0.3) is 0 Å². The molecule has 0 aliphatic carbocycles. The quantitative estimate of drug-likeness (QED) is 0.0296. The van der Waals surface area contributed by atoms with Crippen molar-refractivity contribution in [2.24, 2.45) is 5.92 Å². The molecule has 0 amide bonds. The highest BCUT2D eigenvalue weighted by Crippen LogP contribution is 2.16. The Morgan fingerprint density at radius 2 is 0.980 bits per heavy atom. The molecule has 3 atom stereocenters. The van der Waals surface area contributed by atoms with Crippen LogP contribution in [0.2, 0.25) is 0 Å². The summed E-state index contributed by atoms with van der Waals surface area (Å²) >= 11 is 0. The van der Waals surface area contributed by atoms with Crippen LogP contribution in [0.1, 0.15) is 175 Å². The SMILES string of the molecule is CCC(C)CCCCCCCCCCCCCCCCC(=O)OC[C@@H](O)COC(=O)CCC/C=C\C/C=C\C/C=C\C/C=C\C=C\[C@@H](O)CC. The van der Waals surface area contributed by atoms with Crippen LogP contribution in [0.3, 0.4) is 0 Å². The summed E-state index contributed by atoms with van der Waals surface area (Å²) in [5.74, 6) is 0.247. The lowest BCUT2D eigenvalue weighted by Crippen LogP contribution is -2.25. The fourth-order valence-electron chi connectivity index (χ4n) is 5.34. The minimum atomic E-state index is -0.997. The molecule has 0 aromatic rings. The van der Waals surface area contributed by atoms with Gasteiger partial charge in [-0.1, -0.05) is 178 Å². The molecule has 0 aliphatic heterocycles. The summed E-state index contributed by atoms with van der Waals surface area (Å²) in [6, 6.07) is 0. The van der Waals surface area contributed by atoms with Crippen molar-refractivity contribution >= 4 is 11.9 Å². The topological polar surface area (TPSA) is 93.1 Å². The number of unbranched alkanes of at least 4 members (excludes halogenated alkanes) is 14. The predicted octanol–water partition coefficient (Wildman–Crippen LogP) is 11.6. The van der Waals surface area contributed by atoms with Crippen molar-refractivity contribution in [1.82, 2.24) is 0 Å². The molecule has 0 aliphatic rings. The molecule has 0 aromatic carbocycles. The Bertz CT molecular complexity index is 917. The standard InChI is InChI=1S/C44H76O6/c1-4-40(3)34-30-26-22-18-14-10-6-8-12-16-20-24-28-32-36-43(47)49-38-42(46)39-50-44(48)37-33-29-25-21-17-13-9-7-11-15-19-23-27-31-35-41(45)5-2/h9,11,13,15,21,23,25,27,31,35,40-42,45-46H,4-8,10,12,14,16-20,22,24,26,28-30,32-34,36-39H2,1-3H3/b13-9-,15-11-,25-21-,27-23-,35-31+/t40?,41-,42+/m0/s1. The van der Waals surface area contributed by atoms with Crippen molar-refractivity contribution in [2.75, 3.05) is 13.2 Å². The maximum atomic E-state index is 12.0. The van der Waals surface area contributed by atoms with Crippen LogP contribution in [0, 0.1) is 5.92 Å². The van der Waals surface area contributed by atoms with Crippen LogP contribution < -0.4 is 0 Å². The smallest absolute Gasteiger partial charge is 0.305 e. The summed E-state index contributed by atoms with van der Waals surface area (Å²) in [7, 11) is 0. The first kappa shape index (κ1) is 47.6. The molecule has 0 saturated carbocycles. The Labute approximate surface area is 307 Å². The number of allylic oxidation sites excluding steroid dienone is 9. The number of rotatable bonds is 35. The molecule has 0 saturated heterocycles. The number of carbonyl (C=O) groups is 2. The largest absolute Gasteiger partial charge is 0.463 e. The lowest BCUT2D eigenvalue weighted by atomic mass is 9.99. The fourth-order valence-corrected chi connectivity index (χ4v) is 5.34. The first-order chi connectivity index (χ1) is 24.4. The highest BCUT2D eigenvalue weighted by molar-refractivity contribution is 5.69. The van der Waals surface area contributed by atoms with Crippen molar-refractivity contribution in [1.29, 1.82) is 0 Å². The van der Waals surface area contributed by atoms with Crippen LogP contribution in [0.4, 0.5) is 0 Å². The van der Waals surface area contributed by atoms with E-state index in [0.717, 1.165) is 57.3 Å². The molecule has 6 heteroatoms. The lowest BCUT2D eigenvalue weighted by molar-refractivity contribution is -0.152. The summed E-state index contributed by atoms with van der Waals surface area (Å²) in [5.41, 5.74) is 0.